The maximum atomic E-state index is 13.2. The van der Waals surface area contributed by atoms with Crippen LogP contribution in [0.5, 0.6) is 11.5 Å². The van der Waals surface area contributed by atoms with Crippen molar-refractivity contribution in [2.24, 2.45) is 0 Å². The molecule has 1 heterocycles. The van der Waals surface area contributed by atoms with E-state index in [1.54, 1.807) is 6.92 Å². The summed E-state index contributed by atoms with van der Waals surface area (Å²) in [7, 11) is -4.55. The molecule has 0 bridgehead atoms. The summed E-state index contributed by atoms with van der Waals surface area (Å²) in [5.74, 6) is 0.257. The van der Waals surface area contributed by atoms with Gasteiger partial charge < -0.3 is 19.7 Å². The quantitative estimate of drug-likeness (QED) is 0.553. The highest BCUT2D eigenvalue weighted by molar-refractivity contribution is 7.89. The predicted octanol–water partition coefficient (Wildman–Crippen LogP) is 3.38. The van der Waals surface area contributed by atoms with Crippen LogP contribution >= 0.6 is 0 Å². The van der Waals surface area contributed by atoms with Crippen LogP contribution in [0.1, 0.15) is 12.5 Å². The van der Waals surface area contributed by atoms with E-state index in [1.165, 1.54) is 18.2 Å². The highest BCUT2D eigenvalue weighted by Gasteiger charge is 2.51. The molecule has 2 atom stereocenters. The zero-order valence-electron chi connectivity index (χ0n) is 18.3. The lowest BCUT2D eigenvalue weighted by atomic mass is 10.0. The Kier molecular flexibility index (Phi) is 7.29. The highest BCUT2D eigenvalue weighted by Crippen LogP contribution is 2.39. The third-order valence-electron chi connectivity index (χ3n) is 5.34. The molecule has 2 N–H and O–H groups in total. The van der Waals surface area contributed by atoms with Crippen LogP contribution in [0.3, 0.4) is 0 Å². The lowest BCUT2D eigenvalue weighted by molar-refractivity contribution is -0.137. The van der Waals surface area contributed by atoms with E-state index in [4.69, 9.17) is 22.6 Å². The number of nitrogens with zero attached hydrogens (tertiary/aromatic N) is 3. The molecule has 2 aromatic carbocycles. The van der Waals surface area contributed by atoms with Gasteiger partial charge in [-0.25, -0.2) is 18.1 Å². The second-order valence-corrected chi connectivity index (χ2v) is 9.54. The summed E-state index contributed by atoms with van der Waals surface area (Å²) in [6.07, 6.45) is -6.07. The number of alkyl halides is 3. The van der Waals surface area contributed by atoms with E-state index in [2.05, 4.69) is 9.69 Å². The number of aliphatic hydroxyl groups is 2. The number of benzene rings is 2. The molecule has 13 heteroatoms. The van der Waals surface area contributed by atoms with Gasteiger partial charge in [0.1, 0.15) is 11.7 Å². The van der Waals surface area contributed by atoms with E-state index in [-0.39, 0.29) is 23.8 Å². The first-order valence-corrected chi connectivity index (χ1v) is 11.6. The number of hydrogen-bond donors (Lipinski definition) is 2. The normalized spacial score (nSPS) is 20.7. The maximum absolute atomic E-state index is 13.2. The zero-order valence-corrected chi connectivity index (χ0v) is 19.1. The molecule has 0 amide bonds. The Balaban J connectivity index is 1.96. The molecular weight excluding hydrogens is 491 g/mol. The topological polar surface area (TPSA) is 105 Å². The van der Waals surface area contributed by atoms with E-state index in [0.29, 0.717) is 18.2 Å². The molecule has 1 saturated heterocycles. The molecule has 0 radical (unpaired) electrons. The van der Waals surface area contributed by atoms with Crippen molar-refractivity contribution in [2.75, 3.05) is 26.3 Å². The largest absolute Gasteiger partial charge is 0.491 e. The van der Waals surface area contributed by atoms with Crippen LogP contribution in [0.4, 0.5) is 24.5 Å². The Labute approximate surface area is 199 Å². The molecule has 0 saturated carbocycles. The molecular formula is C22H20F3N3O6S. The van der Waals surface area contributed by atoms with Crippen molar-refractivity contribution < 1.29 is 41.3 Å². The zero-order chi connectivity index (χ0) is 26.0. The maximum Gasteiger partial charge on any atom is 0.415 e. The predicted molar refractivity (Wildman–Crippen MR) is 117 cm³/mol. The third kappa shape index (κ3) is 5.18. The van der Waals surface area contributed by atoms with Gasteiger partial charge in [-0.2, -0.15) is 17.5 Å². The highest BCUT2D eigenvalue weighted by atomic mass is 32.2. The van der Waals surface area contributed by atoms with Gasteiger partial charge in [0, 0.05) is 12.1 Å². The Morgan fingerprint density at radius 3 is 2.46 bits per heavy atom. The van der Waals surface area contributed by atoms with Gasteiger partial charge in [0.2, 0.25) is 15.7 Å². The number of rotatable bonds is 7. The average Bonchev–Trinajstić information content (AvgIpc) is 3.16. The number of halogens is 3. The van der Waals surface area contributed by atoms with E-state index in [0.717, 1.165) is 4.31 Å². The van der Waals surface area contributed by atoms with Crippen LogP contribution in [0, 0.1) is 13.1 Å². The van der Waals surface area contributed by atoms with Crippen molar-refractivity contribution in [1.82, 2.24) is 4.31 Å². The smallest absolute Gasteiger partial charge is 0.415 e. The number of hydrogen-bond acceptors (Lipinski definition) is 6. The Morgan fingerprint density at radius 2 is 1.89 bits per heavy atom. The summed E-state index contributed by atoms with van der Waals surface area (Å²) in [4.78, 5) is 5.56. The van der Waals surface area contributed by atoms with Crippen molar-refractivity contribution in [1.29, 1.82) is 0 Å². The standard InChI is InChI=1S/C22H20F3N3O6S/c1-4-33-18-10-15(26-2)6-7-17(18)34-20-11-28(12-21(20,30)13-29)35(31,32)19-8-5-14(22(23,24)25)9-16(19)27-3/h5-10,20,29-30H,4,11-13H2,1H3/t20-,21+/m0/s1. The lowest BCUT2D eigenvalue weighted by Gasteiger charge is -2.27. The minimum Gasteiger partial charge on any atom is -0.491 e. The van der Waals surface area contributed by atoms with Crippen LogP contribution in [0.2, 0.25) is 0 Å². The fourth-order valence-electron chi connectivity index (χ4n) is 3.53. The van der Waals surface area contributed by atoms with Gasteiger partial charge in [0.05, 0.1) is 37.8 Å². The third-order valence-corrected chi connectivity index (χ3v) is 7.20. The van der Waals surface area contributed by atoms with E-state index in [9.17, 15) is 31.8 Å². The molecule has 9 nitrogen and oxygen atoms in total. The van der Waals surface area contributed by atoms with Gasteiger partial charge in [-0.15, -0.1) is 0 Å². The van der Waals surface area contributed by atoms with Crippen molar-refractivity contribution in [3.63, 3.8) is 0 Å². The SMILES string of the molecule is [C-]#[N+]c1ccc(O[C@H]2CN(S(=O)(=O)c3ccc(C(F)(F)F)cc3[N+]#[C-])C[C@@]2(O)CO)c(OCC)c1. The van der Waals surface area contributed by atoms with Gasteiger partial charge >= 0.3 is 6.18 Å². The number of β-amino-alcohol motifs (C(OH)–C–C–N with tert-alkyl or cyclic N) is 1. The van der Waals surface area contributed by atoms with E-state index >= 15 is 0 Å². The van der Waals surface area contributed by atoms with Crippen LogP contribution in [0.15, 0.2) is 41.3 Å². The minimum atomic E-state index is -4.77. The second kappa shape index (κ2) is 9.71. The van der Waals surface area contributed by atoms with E-state index < -0.39 is 63.7 Å². The molecule has 0 aliphatic carbocycles. The molecule has 0 spiro atoms. The van der Waals surface area contributed by atoms with Crippen LogP contribution in [-0.4, -0.2) is 60.9 Å². The molecule has 1 fully saturated rings. The van der Waals surface area contributed by atoms with Gasteiger partial charge in [-0.1, -0.05) is 18.2 Å². The Hall–Kier alpha value is -3.36. The van der Waals surface area contributed by atoms with Crippen LogP contribution in [0.25, 0.3) is 9.69 Å². The van der Waals surface area contributed by atoms with Gasteiger partial charge in [0.25, 0.3) is 0 Å². The second-order valence-electron chi connectivity index (χ2n) is 7.63. The van der Waals surface area contributed by atoms with E-state index in [1.807, 2.05) is 0 Å². The molecule has 1 aliphatic rings. The van der Waals surface area contributed by atoms with Crippen LogP contribution < -0.4 is 9.47 Å². The van der Waals surface area contributed by atoms with Crippen molar-refractivity contribution >= 4 is 21.4 Å². The molecule has 35 heavy (non-hydrogen) atoms. The first-order valence-electron chi connectivity index (χ1n) is 10.1. The van der Waals surface area contributed by atoms with Gasteiger partial charge in [0.15, 0.2) is 17.2 Å². The fraction of sp³-hybridized carbons (Fsp3) is 0.364. The molecule has 0 unspecified atom stereocenters. The van der Waals surface area contributed by atoms with Gasteiger partial charge in [-0.05, 0) is 25.1 Å². The van der Waals surface area contributed by atoms with Gasteiger partial charge in [-0.3, -0.25) is 0 Å². The number of ether oxygens (including phenoxy) is 2. The molecule has 0 aromatic heterocycles. The molecule has 3 rings (SSSR count). The number of aliphatic hydroxyl groups excluding tert-OH is 1. The summed E-state index contributed by atoms with van der Waals surface area (Å²) in [5.41, 5.74) is -3.73. The first-order chi connectivity index (χ1) is 16.4. The van der Waals surface area contributed by atoms with Crippen LogP contribution in [-0.2, 0) is 16.2 Å². The number of sulfonamides is 1. The summed E-state index contributed by atoms with van der Waals surface area (Å²) < 4.78 is 77.5. The Morgan fingerprint density at radius 1 is 1.17 bits per heavy atom. The summed E-state index contributed by atoms with van der Waals surface area (Å²) >= 11 is 0. The molecule has 1 aliphatic heterocycles. The molecule has 186 valence electrons. The fourth-order valence-corrected chi connectivity index (χ4v) is 5.14. The first kappa shape index (κ1) is 26.2. The summed E-state index contributed by atoms with van der Waals surface area (Å²) in [6, 6.07) is 5.91. The van der Waals surface area contributed by atoms with Crippen molar-refractivity contribution in [3.8, 4) is 11.5 Å². The summed E-state index contributed by atoms with van der Waals surface area (Å²) in [5, 5.41) is 20.7. The lowest BCUT2D eigenvalue weighted by Crippen LogP contribution is -2.48. The summed E-state index contributed by atoms with van der Waals surface area (Å²) in [6.45, 7) is 14.2. The average molecular weight is 511 g/mol. The minimum absolute atomic E-state index is 0.0896. The van der Waals surface area contributed by atoms with Crippen molar-refractivity contribution in [2.45, 2.75) is 29.7 Å². The molecule has 2 aromatic rings. The monoisotopic (exact) mass is 511 g/mol. The van der Waals surface area contributed by atoms with Crippen molar-refractivity contribution in [3.05, 3.63) is 64.8 Å². The Bertz CT molecular complexity index is 1300.